The van der Waals surface area contributed by atoms with E-state index in [9.17, 15) is 0 Å². The molecule has 2 atom stereocenters. The summed E-state index contributed by atoms with van der Waals surface area (Å²) in [5.74, 6) is 1.47. The van der Waals surface area contributed by atoms with Crippen LogP contribution in [0, 0.1) is 0 Å². The lowest BCUT2D eigenvalue weighted by Gasteiger charge is -2.19. The van der Waals surface area contributed by atoms with Crippen LogP contribution in [0.1, 0.15) is 24.7 Å². The van der Waals surface area contributed by atoms with Gasteiger partial charge in [-0.3, -0.25) is 10.1 Å². The third-order valence-corrected chi connectivity index (χ3v) is 4.63. The molecule has 2 aromatic heterocycles. The Labute approximate surface area is 158 Å². The smallest absolute Gasteiger partial charge is 0.181 e. The summed E-state index contributed by atoms with van der Waals surface area (Å²) in [5.41, 5.74) is 1.99. The highest BCUT2D eigenvalue weighted by Gasteiger charge is 2.19. The van der Waals surface area contributed by atoms with Gasteiger partial charge in [-0.05, 0) is 37.1 Å². The highest BCUT2D eigenvalue weighted by atomic mass is 16.5. The molecule has 140 valence electrons. The molecule has 0 aliphatic carbocycles. The van der Waals surface area contributed by atoms with Gasteiger partial charge in [-0.15, -0.1) is 0 Å². The van der Waals surface area contributed by atoms with Crippen molar-refractivity contribution in [3.63, 3.8) is 0 Å². The van der Waals surface area contributed by atoms with E-state index in [1.165, 1.54) is 0 Å². The van der Waals surface area contributed by atoms with E-state index >= 15 is 0 Å². The number of aromatic amines is 1. The van der Waals surface area contributed by atoms with Crippen molar-refractivity contribution in [2.75, 3.05) is 25.0 Å². The second kappa shape index (κ2) is 8.75. The minimum atomic E-state index is -0.0307. The molecule has 1 unspecified atom stereocenters. The number of ether oxygens (including phenoxy) is 1. The topological polar surface area (TPSA) is 87.8 Å². The number of para-hydroxylation sites is 1. The Morgan fingerprint density at radius 1 is 1.15 bits per heavy atom. The SMILES string of the molecule is c1ccc(NC(CNC[C@H]2CCCO2)c2nc(-c3ccncc3)n[nH]2)cc1. The Bertz CT molecular complexity index is 817. The molecule has 1 aromatic carbocycles. The first-order valence-corrected chi connectivity index (χ1v) is 9.35. The number of H-pyrrole nitrogens is 1. The van der Waals surface area contributed by atoms with E-state index in [-0.39, 0.29) is 6.04 Å². The molecule has 1 aliphatic heterocycles. The van der Waals surface area contributed by atoms with Gasteiger partial charge in [0.05, 0.1) is 12.1 Å². The summed E-state index contributed by atoms with van der Waals surface area (Å²) in [6, 6.07) is 13.9. The molecule has 0 saturated carbocycles. The number of rotatable bonds is 8. The van der Waals surface area contributed by atoms with Crippen LogP contribution >= 0.6 is 0 Å². The third kappa shape index (κ3) is 4.69. The minimum Gasteiger partial charge on any atom is -0.377 e. The first-order chi connectivity index (χ1) is 13.4. The van der Waals surface area contributed by atoms with Crippen LogP contribution in [0.25, 0.3) is 11.4 Å². The van der Waals surface area contributed by atoms with E-state index in [0.29, 0.717) is 11.9 Å². The van der Waals surface area contributed by atoms with E-state index in [4.69, 9.17) is 9.72 Å². The Hall–Kier alpha value is -2.77. The standard InChI is InChI=1S/C20H24N6O/c1-2-5-16(6-3-1)23-18(14-22-13-17-7-4-12-27-17)20-24-19(25-26-20)15-8-10-21-11-9-15/h1-3,5-6,8-11,17-18,22-23H,4,7,12-14H2,(H,24,25,26)/t17-,18?/m1/s1. The number of nitrogens with one attached hydrogen (secondary N) is 3. The third-order valence-electron chi connectivity index (χ3n) is 4.63. The van der Waals surface area contributed by atoms with Crippen molar-refractivity contribution in [2.24, 2.45) is 0 Å². The molecule has 3 aromatic rings. The monoisotopic (exact) mass is 364 g/mol. The van der Waals surface area contributed by atoms with Crippen LogP contribution in [-0.4, -0.2) is 46.0 Å². The van der Waals surface area contributed by atoms with Crippen molar-refractivity contribution in [1.82, 2.24) is 25.5 Å². The van der Waals surface area contributed by atoms with E-state index in [1.807, 2.05) is 42.5 Å². The quantitative estimate of drug-likeness (QED) is 0.570. The first-order valence-electron chi connectivity index (χ1n) is 9.35. The van der Waals surface area contributed by atoms with Crippen LogP contribution in [0.15, 0.2) is 54.9 Å². The molecule has 1 aliphatic rings. The number of hydrogen-bond donors (Lipinski definition) is 3. The van der Waals surface area contributed by atoms with E-state index < -0.39 is 0 Å². The van der Waals surface area contributed by atoms with Crippen LogP contribution in [0.3, 0.4) is 0 Å². The summed E-state index contributed by atoms with van der Waals surface area (Å²) in [4.78, 5) is 8.75. The van der Waals surface area contributed by atoms with Crippen molar-refractivity contribution >= 4 is 5.69 Å². The predicted octanol–water partition coefficient (Wildman–Crippen LogP) is 2.79. The number of anilines is 1. The van der Waals surface area contributed by atoms with Crippen LogP contribution in [0.2, 0.25) is 0 Å². The molecule has 7 nitrogen and oxygen atoms in total. The normalized spacial score (nSPS) is 17.7. The van der Waals surface area contributed by atoms with Crippen LogP contribution in [0.4, 0.5) is 5.69 Å². The van der Waals surface area contributed by atoms with E-state index in [1.54, 1.807) is 12.4 Å². The van der Waals surface area contributed by atoms with E-state index in [0.717, 1.165) is 49.6 Å². The summed E-state index contributed by atoms with van der Waals surface area (Å²) in [6.07, 6.45) is 6.07. The summed E-state index contributed by atoms with van der Waals surface area (Å²) in [5, 5.41) is 14.5. The van der Waals surface area contributed by atoms with Crippen LogP contribution in [-0.2, 0) is 4.74 Å². The van der Waals surface area contributed by atoms with Gasteiger partial charge in [0.15, 0.2) is 5.82 Å². The molecule has 7 heteroatoms. The zero-order chi connectivity index (χ0) is 18.3. The second-order valence-electron chi connectivity index (χ2n) is 6.64. The largest absolute Gasteiger partial charge is 0.377 e. The van der Waals surface area contributed by atoms with Gasteiger partial charge < -0.3 is 15.4 Å². The molecule has 0 spiro atoms. The highest BCUT2D eigenvalue weighted by Crippen LogP contribution is 2.20. The highest BCUT2D eigenvalue weighted by molar-refractivity contribution is 5.53. The maximum atomic E-state index is 5.70. The first kappa shape index (κ1) is 17.6. The Kier molecular flexibility index (Phi) is 5.71. The Morgan fingerprint density at radius 3 is 2.78 bits per heavy atom. The number of nitrogens with zero attached hydrogens (tertiary/aromatic N) is 3. The average molecular weight is 364 g/mol. The predicted molar refractivity (Wildman–Crippen MR) is 104 cm³/mol. The van der Waals surface area contributed by atoms with Gasteiger partial charge in [0, 0.05) is 43.3 Å². The molecular weight excluding hydrogens is 340 g/mol. The molecule has 3 heterocycles. The molecule has 0 bridgehead atoms. The molecule has 0 radical (unpaired) electrons. The van der Waals surface area contributed by atoms with Crippen LogP contribution in [0.5, 0.6) is 0 Å². The second-order valence-corrected chi connectivity index (χ2v) is 6.64. The van der Waals surface area contributed by atoms with Gasteiger partial charge in [-0.2, -0.15) is 5.10 Å². The maximum Gasteiger partial charge on any atom is 0.181 e. The molecule has 0 amide bonds. The molecule has 1 saturated heterocycles. The lowest BCUT2D eigenvalue weighted by atomic mass is 10.2. The van der Waals surface area contributed by atoms with Gasteiger partial charge in [-0.25, -0.2) is 4.98 Å². The van der Waals surface area contributed by atoms with Gasteiger partial charge in [0.2, 0.25) is 0 Å². The lowest BCUT2D eigenvalue weighted by Crippen LogP contribution is -2.32. The average Bonchev–Trinajstić information content (AvgIpc) is 3.41. The van der Waals surface area contributed by atoms with Crippen molar-refractivity contribution in [3.8, 4) is 11.4 Å². The van der Waals surface area contributed by atoms with Crippen molar-refractivity contribution in [1.29, 1.82) is 0 Å². The minimum absolute atomic E-state index is 0.0307. The molecule has 4 rings (SSSR count). The number of aromatic nitrogens is 4. The Balaban J connectivity index is 1.47. The maximum absolute atomic E-state index is 5.70. The zero-order valence-electron chi connectivity index (χ0n) is 15.1. The van der Waals surface area contributed by atoms with Crippen LogP contribution < -0.4 is 10.6 Å². The van der Waals surface area contributed by atoms with Gasteiger partial charge in [-0.1, -0.05) is 18.2 Å². The number of hydrogen-bond acceptors (Lipinski definition) is 6. The summed E-state index contributed by atoms with van der Waals surface area (Å²) in [7, 11) is 0. The molecule has 27 heavy (non-hydrogen) atoms. The zero-order valence-corrected chi connectivity index (χ0v) is 15.1. The lowest BCUT2D eigenvalue weighted by molar-refractivity contribution is 0.110. The van der Waals surface area contributed by atoms with Gasteiger partial charge in [0.25, 0.3) is 0 Å². The fourth-order valence-electron chi connectivity index (χ4n) is 3.21. The molecule has 1 fully saturated rings. The fraction of sp³-hybridized carbons (Fsp3) is 0.350. The fourth-order valence-corrected chi connectivity index (χ4v) is 3.21. The Morgan fingerprint density at radius 2 is 2.00 bits per heavy atom. The van der Waals surface area contributed by atoms with Crippen molar-refractivity contribution in [3.05, 3.63) is 60.7 Å². The summed E-state index contributed by atoms with van der Waals surface area (Å²) in [6.45, 7) is 2.44. The molecular formula is C20H24N6O. The summed E-state index contributed by atoms with van der Waals surface area (Å²) < 4.78 is 5.70. The van der Waals surface area contributed by atoms with Crippen molar-refractivity contribution in [2.45, 2.75) is 25.0 Å². The van der Waals surface area contributed by atoms with Gasteiger partial charge >= 0.3 is 0 Å². The number of pyridine rings is 1. The van der Waals surface area contributed by atoms with E-state index in [2.05, 4.69) is 25.8 Å². The number of benzene rings is 1. The van der Waals surface area contributed by atoms with Gasteiger partial charge in [0.1, 0.15) is 5.82 Å². The molecule has 3 N–H and O–H groups in total. The summed E-state index contributed by atoms with van der Waals surface area (Å²) >= 11 is 0. The van der Waals surface area contributed by atoms with Crippen molar-refractivity contribution < 1.29 is 4.74 Å².